The van der Waals surface area contributed by atoms with Gasteiger partial charge in [-0.2, -0.15) is 0 Å². The fraction of sp³-hybridized carbons (Fsp3) is 0.320. The highest BCUT2D eigenvalue weighted by Crippen LogP contribution is 2.24. The lowest BCUT2D eigenvalue weighted by Gasteiger charge is -2.32. The Hall–Kier alpha value is -3.21. The lowest BCUT2D eigenvalue weighted by atomic mass is 9.90. The summed E-state index contributed by atoms with van der Waals surface area (Å²) in [5, 5.41) is 11.5. The van der Waals surface area contributed by atoms with E-state index < -0.39 is 0 Å². The Labute approximate surface area is 178 Å². The monoisotopic (exact) mass is 400 g/mol. The molecule has 0 radical (unpaired) electrons. The van der Waals surface area contributed by atoms with Crippen molar-refractivity contribution in [2.24, 2.45) is 5.92 Å². The van der Waals surface area contributed by atoms with Crippen molar-refractivity contribution in [1.82, 2.24) is 10.2 Å². The molecule has 30 heavy (non-hydrogen) atoms. The third-order valence-corrected chi connectivity index (χ3v) is 5.83. The maximum absolute atomic E-state index is 12.6. The van der Waals surface area contributed by atoms with E-state index in [1.54, 1.807) is 6.07 Å². The molecular weight excluding hydrogens is 372 g/mol. The smallest absolute Gasteiger partial charge is 0.276 e. The molecule has 1 aliphatic heterocycles. The third kappa shape index (κ3) is 4.85. The van der Waals surface area contributed by atoms with Crippen LogP contribution in [-0.2, 0) is 6.42 Å². The molecule has 0 spiro atoms. The highest BCUT2D eigenvalue weighted by atomic mass is 16.1. The van der Waals surface area contributed by atoms with Crippen LogP contribution in [0.3, 0.4) is 0 Å². The fourth-order valence-corrected chi connectivity index (χ4v) is 3.99. The summed E-state index contributed by atoms with van der Waals surface area (Å²) in [6.07, 6.45) is 3.43. The average Bonchev–Trinajstić information content (AvgIpc) is 2.78. The Kier molecular flexibility index (Phi) is 6.07. The minimum absolute atomic E-state index is 0.232. The van der Waals surface area contributed by atoms with Crippen molar-refractivity contribution in [3.8, 4) is 0 Å². The molecule has 0 unspecified atom stereocenters. The Morgan fingerprint density at radius 3 is 2.47 bits per heavy atom. The van der Waals surface area contributed by atoms with Gasteiger partial charge in [0, 0.05) is 18.8 Å². The highest BCUT2D eigenvalue weighted by molar-refractivity contribution is 6.03. The Balaban J connectivity index is 1.33. The molecule has 5 heteroatoms. The molecule has 1 aromatic heterocycles. The lowest BCUT2D eigenvalue weighted by molar-refractivity contribution is 0.102. The van der Waals surface area contributed by atoms with Crippen molar-refractivity contribution in [3.05, 3.63) is 83.0 Å². The number of nitrogens with one attached hydrogen (secondary N) is 1. The molecule has 0 saturated carbocycles. The van der Waals surface area contributed by atoms with Crippen LogP contribution in [0.2, 0.25) is 0 Å². The van der Waals surface area contributed by atoms with Crippen LogP contribution in [0, 0.1) is 19.8 Å². The zero-order chi connectivity index (χ0) is 20.9. The number of aromatic nitrogens is 2. The molecule has 0 bridgehead atoms. The first kappa shape index (κ1) is 20.1. The summed E-state index contributed by atoms with van der Waals surface area (Å²) < 4.78 is 0. The number of carbonyl (C=O) groups excluding carboxylic acids is 1. The van der Waals surface area contributed by atoms with E-state index in [0.717, 1.165) is 55.0 Å². The Morgan fingerprint density at radius 2 is 1.77 bits per heavy atom. The van der Waals surface area contributed by atoms with Gasteiger partial charge in [0.25, 0.3) is 5.91 Å². The van der Waals surface area contributed by atoms with Gasteiger partial charge in [-0.3, -0.25) is 4.79 Å². The van der Waals surface area contributed by atoms with Gasteiger partial charge < -0.3 is 10.2 Å². The molecular formula is C25H28N4O. The van der Waals surface area contributed by atoms with E-state index in [9.17, 15) is 4.79 Å². The van der Waals surface area contributed by atoms with Crippen LogP contribution in [0.15, 0.2) is 60.7 Å². The topological polar surface area (TPSA) is 58.1 Å². The first-order chi connectivity index (χ1) is 14.6. The maximum atomic E-state index is 12.6. The van der Waals surface area contributed by atoms with Crippen LogP contribution >= 0.6 is 0 Å². The Bertz CT molecular complexity index is 993. The van der Waals surface area contributed by atoms with Crippen LogP contribution < -0.4 is 10.2 Å². The van der Waals surface area contributed by atoms with E-state index >= 15 is 0 Å². The minimum atomic E-state index is -0.232. The predicted octanol–water partition coefficient (Wildman–Crippen LogP) is 4.80. The molecule has 2 aromatic carbocycles. The third-order valence-electron chi connectivity index (χ3n) is 5.83. The molecule has 1 N–H and O–H groups in total. The largest absolute Gasteiger partial charge is 0.355 e. The van der Waals surface area contributed by atoms with E-state index in [-0.39, 0.29) is 5.91 Å². The number of hydrogen-bond acceptors (Lipinski definition) is 4. The molecule has 2 heterocycles. The van der Waals surface area contributed by atoms with Crippen molar-refractivity contribution in [3.63, 3.8) is 0 Å². The molecule has 1 amide bonds. The number of benzene rings is 2. The number of amides is 1. The SMILES string of the molecule is Cc1ccc(C)c(NC(=O)c2ccc(N3CCC(Cc4ccccc4)CC3)nn2)c1. The van der Waals surface area contributed by atoms with Crippen LogP contribution in [0.4, 0.5) is 11.5 Å². The van der Waals surface area contributed by atoms with E-state index in [1.807, 2.05) is 38.1 Å². The molecule has 0 aliphatic carbocycles. The van der Waals surface area contributed by atoms with Gasteiger partial charge in [0.2, 0.25) is 0 Å². The Morgan fingerprint density at radius 1 is 1.00 bits per heavy atom. The van der Waals surface area contributed by atoms with E-state index in [1.165, 1.54) is 5.56 Å². The summed E-state index contributed by atoms with van der Waals surface area (Å²) in [5.41, 5.74) is 4.69. The van der Waals surface area contributed by atoms with Gasteiger partial charge in [-0.15, -0.1) is 10.2 Å². The number of nitrogens with zero attached hydrogens (tertiary/aromatic N) is 3. The van der Waals surface area contributed by atoms with E-state index in [0.29, 0.717) is 11.6 Å². The first-order valence-electron chi connectivity index (χ1n) is 10.6. The second kappa shape index (κ2) is 9.08. The minimum Gasteiger partial charge on any atom is -0.355 e. The number of hydrogen-bond donors (Lipinski definition) is 1. The number of anilines is 2. The molecule has 154 valence electrons. The quantitative estimate of drug-likeness (QED) is 0.668. The number of carbonyl (C=O) groups is 1. The predicted molar refractivity (Wildman–Crippen MR) is 121 cm³/mol. The summed E-state index contributed by atoms with van der Waals surface area (Å²) in [6, 6.07) is 20.4. The summed E-state index contributed by atoms with van der Waals surface area (Å²) in [5.74, 6) is 1.32. The van der Waals surface area contributed by atoms with Gasteiger partial charge >= 0.3 is 0 Å². The first-order valence-corrected chi connectivity index (χ1v) is 10.6. The molecule has 1 saturated heterocycles. The number of aryl methyl sites for hydroxylation is 2. The number of rotatable bonds is 5. The summed E-state index contributed by atoms with van der Waals surface area (Å²) in [4.78, 5) is 14.8. The van der Waals surface area contributed by atoms with Crippen molar-refractivity contribution in [2.45, 2.75) is 33.1 Å². The van der Waals surface area contributed by atoms with Crippen molar-refractivity contribution in [2.75, 3.05) is 23.3 Å². The molecule has 5 nitrogen and oxygen atoms in total. The van der Waals surface area contributed by atoms with E-state index in [2.05, 4.69) is 50.7 Å². The van der Waals surface area contributed by atoms with Crippen molar-refractivity contribution >= 4 is 17.4 Å². The second-order valence-corrected chi connectivity index (χ2v) is 8.17. The standard InChI is InChI=1S/C25H28N4O/c1-18-8-9-19(2)23(16-18)26-25(30)22-10-11-24(28-27-22)29-14-12-21(13-15-29)17-20-6-4-3-5-7-20/h3-11,16,21H,12-15,17H2,1-2H3,(H,26,30). The molecule has 3 aromatic rings. The van der Waals surface area contributed by atoms with Gasteiger partial charge in [-0.1, -0.05) is 42.5 Å². The maximum Gasteiger partial charge on any atom is 0.276 e. The summed E-state index contributed by atoms with van der Waals surface area (Å²) >= 11 is 0. The van der Waals surface area contributed by atoms with Crippen molar-refractivity contribution < 1.29 is 4.79 Å². The van der Waals surface area contributed by atoms with Crippen LogP contribution in [0.1, 0.15) is 40.0 Å². The van der Waals surface area contributed by atoms with E-state index in [4.69, 9.17) is 0 Å². The van der Waals surface area contributed by atoms with Gasteiger partial charge in [0.15, 0.2) is 11.5 Å². The van der Waals surface area contributed by atoms with Crippen molar-refractivity contribution in [1.29, 1.82) is 0 Å². The average molecular weight is 401 g/mol. The normalized spacial score (nSPS) is 14.5. The summed E-state index contributed by atoms with van der Waals surface area (Å²) in [7, 11) is 0. The van der Waals surface area contributed by atoms with Gasteiger partial charge in [0.1, 0.15) is 0 Å². The van der Waals surface area contributed by atoms with Crippen LogP contribution in [-0.4, -0.2) is 29.2 Å². The lowest BCUT2D eigenvalue weighted by Crippen LogP contribution is -2.35. The number of piperidine rings is 1. The van der Waals surface area contributed by atoms with Gasteiger partial charge in [0.05, 0.1) is 0 Å². The zero-order valence-corrected chi connectivity index (χ0v) is 17.6. The van der Waals surface area contributed by atoms with Crippen LogP contribution in [0.5, 0.6) is 0 Å². The summed E-state index contributed by atoms with van der Waals surface area (Å²) in [6.45, 7) is 5.93. The second-order valence-electron chi connectivity index (χ2n) is 8.17. The highest BCUT2D eigenvalue weighted by Gasteiger charge is 2.21. The molecule has 1 fully saturated rings. The van der Waals surface area contributed by atoms with Crippen LogP contribution in [0.25, 0.3) is 0 Å². The zero-order valence-electron chi connectivity index (χ0n) is 17.6. The molecule has 4 rings (SSSR count). The van der Waals surface area contributed by atoms with Gasteiger partial charge in [-0.25, -0.2) is 0 Å². The molecule has 0 atom stereocenters. The van der Waals surface area contributed by atoms with Gasteiger partial charge in [-0.05, 0) is 73.9 Å². The fourth-order valence-electron chi connectivity index (χ4n) is 3.99. The molecule has 1 aliphatic rings.